The molecule has 0 radical (unpaired) electrons. The van der Waals surface area contributed by atoms with E-state index in [0.29, 0.717) is 5.82 Å². The van der Waals surface area contributed by atoms with Crippen molar-refractivity contribution in [2.45, 2.75) is 31.6 Å². The molecule has 1 aliphatic heterocycles. The summed E-state index contributed by atoms with van der Waals surface area (Å²) in [7, 11) is 0. The predicted molar refractivity (Wildman–Crippen MR) is 69.6 cm³/mol. The second-order valence-electron chi connectivity index (χ2n) is 5.02. The maximum absolute atomic E-state index is 12.5. The van der Waals surface area contributed by atoms with Gasteiger partial charge >= 0.3 is 6.18 Å². The molecule has 3 heterocycles. The highest BCUT2D eigenvalue weighted by atomic mass is 19.4. The van der Waals surface area contributed by atoms with E-state index in [9.17, 15) is 13.2 Å². The lowest BCUT2D eigenvalue weighted by Crippen LogP contribution is -2.33. The zero-order chi connectivity index (χ0) is 14.9. The lowest BCUT2D eigenvalue weighted by atomic mass is 10.2. The van der Waals surface area contributed by atoms with Crippen LogP contribution in [0, 0.1) is 0 Å². The van der Waals surface area contributed by atoms with Crippen LogP contribution in [0.4, 0.5) is 19.0 Å². The minimum atomic E-state index is -4.45. The van der Waals surface area contributed by atoms with E-state index >= 15 is 0 Å². The predicted octanol–water partition coefficient (Wildman–Crippen LogP) is 2.36. The number of anilines is 1. The molecule has 3 rings (SSSR count). The highest BCUT2D eigenvalue weighted by Gasteiger charge is 2.33. The molecule has 1 aliphatic rings. The summed E-state index contributed by atoms with van der Waals surface area (Å²) in [4.78, 5) is 6.00. The maximum atomic E-state index is 12.5. The highest BCUT2D eigenvalue weighted by molar-refractivity contribution is 5.40. The standard InChI is InChI=1S/C13H14F3N5/c14-13(15,16)11-3-4-12(19-18-11)21-6-1-2-10(21)8-20-7-5-17-9-20/h3-5,7,9-10H,1-2,6,8H2. The quantitative estimate of drug-likeness (QED) is 0.872. The Morgan fingerprint density at radius 1 is 1.24 bits per heavy atom. The molecule has 8 heteroatoms. The number of halogens is 3. The van der Waals surface area contributed by atoms with E-state index in [1.54, 1.807) is 12.5 Å². The van der Waals surface area contributed by atoms with Crippen molar-refractivity contribution in [3.05, 3.63) is 36.5 Å². The summed E-state index contributed by atoms with van der Waals surface area (Å²) < 4.78 is 39.5. The lowest BCUT2D eigenvalue weighted by Gasteiger charge is -2.25. The Morgan fingerprint density at radius 2 is 2.10 bits per heavy atom. The zero-order valence-electron chi connectivity index (χ0n) is 11.2. The van der Waals surface area contributed by atoms with Gasteiger partial charge in [0.2, 0.25) is 0 Å². The van der Waals surface area contributed by atoms with Gasteiger partial charge in [0.1, 0.15) is 0 Å². The molecule has 1 unspecified atom stereocenters. The molecule has 2 aromatic heterocycles. The van der Waals surface area contributed by atoms with E-state index in [0.717, 1.165) is 32.0 Å². The Labute approximate surface area is 119 Å². The van der Waals surface area contributed by atoms with Crippen LogP contribution in [0.5, 0.6) is 0 Å². The first-order chi connectivity index (χ1) is 10.0. The van der Waals surface area contributed by atoms with E-state index in [-0.39, 0.29) is 6.04 Å². The van der Waals surface area contributed by atoms with Crippen molar-refractivity contribution < 1.29 is 13.2 Å². The average Bonchev–Trinajstić information content (AvgIpc) is 3.10. The molecule has 0 aliphatic carbocycles. The smallest absolute Gasteiger partial charge is 0.350 e. The molecular weight excluding hydrogens is 283 g/mol. The van der Waals surface area contributed by atoms with Gasteiger partial charge in [0, 0.05) is 31.5 Å². The topological polar surface area (TPSA) is 46.8 Å². The van der Waals surface area contributed by atoms with Gasteiger partial charge in [0.05, 0.1) is 6.33 Å². The molecule has 0 N–H and O–H groups in total. The second-order valence-corrected chi connectivity index (χ2v) is 5.02. The number of aromatic nitrogens is 4. The molecule has 1 atom stereocenters. The largest absolute Gasteiger partial charge is 0.435 e. The molecule has 0 spiro atoms. The third-order valence-corrected chi connectivity index (χ3v) is 3.59. The minimum absolute atomic E-state index is 0.199. The van der Waals surface area contributed by atoms with Gasteiger partial charge in [-0.3, -0.25) is 0 Å². The van der Waals surface area contributed by atoms with Crippen molar-refractivity contribution in [3.63, 3.8) is 0 Å². The molecular formula is C13H14F3N5. The second kappa shape index (κ2) is 5.34. The number of alkyl halides is 3. The molecule has 1 fully saturated rings. The zero-order valence-corrected chi connectivity index (χ0v) is 11.2. The Kier molecular flexibility index (Phi) is 3.52. The SMILES string of the molecule is FC(F)(F)c1ccc(N2CCCC2Cn2ccnc2)nn1. The van der Waals surface area contributed by atoms with Gasteiger partial charge in [-0.25, -0.2) is 4.98 Å². The summed E-state index contributed by atoms with van der Waals surface area (Å²) in [5, 5.41) is 7.03. The fourth-order valence-electron chi connectivity index (χ4n) is 2.59. The van der Waals surface area contributed by atoms with Crippen molar-refractivity contribution >= 4 is 5.82 Å². The van der Waals surface area contributed by atoms with Crippen LogP contribution in [0.2, 0.25) is 0 Å². The van der Waals surface area contributed by atoms with Gasteiger partial charge < -0.3 is 9.47 Å². The summed E-state index contributed by atoms with van der Waals surface area (Å²) >= 11 is 0. The van der Waals surface area contributed by atoms with Crippen LogP contribution in [-0.2, 0) is 12.7 Å². The van der Waals surface area contributed by atoms with Crippen LogP contribution in [0.15, 0.2) is 30.9 Å². The van der Waals surface area contributed by atoms with Crippen LogP contribution in [0.3, 0.4) is 0 Å². The van der Waals surface area contributed by atoms with Crippen molar-refractivity contribution in [2.75, 3.05) is 11.4 Å². The van der Waals surface area contributed by atoms with Crippen molar-refractivity contribution in [2.24, 2.45) is 0 Å². The van der Waals surface area contributed by atoms with Gasteiger partial charge in [0.15, 0.2) is 11.5 Å². The van der Waals surface area contributed by atoms with E-state index < -0.39 is 11.9 Å². The van der Waals surface area contributed by atoms with Gasteiger partial charge in [-0.2, -0.15) is 13.2 Å². The third-order valence-electron chi connectivity index (χ3n) is 3.59. The number of hydrogen-bond donors (Lipinski definition) is 0. The van der Waals surface area contributed by atoms with Gasteiger partial charge in [-0.05, 0) is 25.0 Å². The average molecular weight is 297 g/mol. The van der Waals surface area contributed by atoms with Crippen molar-refractivity contribution in [3.8, 4) is 0 Å². The van der Waals surface area contributed by atoms with Gasteiger partial charge in [-0.1, -0.05) is 0 Å². The Hall–Kier alpha value is -2.12. The molecule has 21 heavy (non-hydrogen) atoms. The number of nitrogens with zero attached hydrogens (tertiary/aromatic N) is 5. The van der Waals surface area contributed by atoms with Crippen molar-refractivity contribution in [1.82, 2.24) is 19.7 Å². The monoisotopic (exact) mass is 297 g/mol. The summed E-state index contributed by atoms with van der Waals surface area (Å²) in [6, 6.07) is 2.57. The summed E-state index contributed by atoms with van der Waals surface area (Å²) in [6.07, 6.45) is 2.82. The number of imidazole rings is 1. The normalized spacial score (nSPS) is 19.2. The molecule has 2 aromatic rings. The Balaban J connectivity index is 1.75. The summed E-state index contributed by atoms with van der Waals surface area (Å²) in [5.41, 5.74) is -0.961. The van der Waals surface area contributed by atoms with Crippen LogP contribution < -0.4 is 4.90 Å². The van der Waals surface area contributed by atoms with Crippen molar-refractivity contribution in [1.29, 1.82) is 0 Å². The lowest BCUT2D eigenvalue weighted by molar-refractivity contribution is -0.141. The first kappa shape index (κ1) is 13.8. The Bertz CT molecular complexity index is 579. The fourth-order valence-corrected chi connectivity index (χ4v) is 2.59. The number of rotatable bonds is 3. The van der Waals surface area contributed by atoms with E-state index in [1.807, 2.05) is 15.7 Å². The molecule has 0 bridgehead atoms. The first-order valence-corrected chi connectivity index (χ1v) is 6.67. The van der Waals surface area contributed by atoms with Crippen LogP contribution in [0.1, 0.15) is 18.5 Å². The molecule has 1 saturated heterocycles. The molecule has 5 nitrogen and oxygen atoms in total. The summed E-state index contributed by atoms with van der Waals surface area (Å²) in [5.74, 6) is 0.491. The van der Waals surface area contributed by atoms with E-state index in [2.05, 4.69) is 15.2 Å². The molecule has 0 amide bonds. The van der Waals surface area contributed by atoms with E-state index in [4.69, 9.17) is 0 Å². The molecule has 112 valence electrons. The van der Waals surface area contributed by atoms with Gasteiger partial charge in [-0.15, -0.1) is 10.2 Å². The first-order valence-electron chi connectivity index (χ1n) is 6.67. The van der Waals surface area contributed by atoms with E-state index in [1.165, 1.54) is 6.07 Å². The fraction of sp³-hybridized carbons (Fsp3) is 0.462. The summed E-state index contributed by atoms with van der Waals surface area (Å²) in [6.45, 7) is 1.52. The third kappa shape index (κ3) is 2.98. The van der Waals surface area contributed by atoms with Gasteiger partial charge in [0.25, 0.3) is 0 Å². The number of hydrogen-bond acceptors (Lipinski definition) is 4. The van der Waals surface area contributed by atoms with Crippen LogP contribution >= 0.6 is 0 Å². The molecule has 0 aromatic carbocycles. The Morgan fingerprint density at radius 3 is 2.71 bits per heavy atom. The molecule has 0 saturated carbocycles. The van der Waals surface area contributed by atoms with Crippen LogP contribution in [0.25, 0.3) is 0 Å². The highest BCUT2D eigenvalue weighted by Crippen LogP contribution is 2.29. The van der Waals surface area contributed by atoms with Crippen LogP contribution in [-0.4, -0.2) is 32.3 Å². The maximum Gasteiger partial charge on any atom is 0.435 e. The minimum Gasteiger partial charge on any atom is -0.350 e.